The van der Waals surface area contributed by atoms with Crippen molar-refractivity contribution in [1.29, 1.82) is 0 Å². The normalized spacial score (nSPS) is 17.8. The molecular weight excluding hydrogens is 406 g/mol. The van der Waals surface area contributed by atoms with E-state index in [0.29, 0.717) is 5.92 Å². The maximum absolute atomic E-state index is 12.5. The Hall–Kier alpha value is -3.81. The van der Waals surface area contributed by atoms with Crippen LogP contribution in [0.3, 0.4) is 0 Å². The summed E-state index contributed by atoms with van der Waals surface area (Å²) in [7, 11) is 4.05. The maximum atomic E-state index is 12.5. The first-order valence-corrected chi connectivity index (χ1v) is 10.6. The fourth-order valence-electron chi connectivity index (χ4n) is 4.26. The topological polar surface area (TPSA) is 124 Å². The van der Waals surface area contributed by atoms with Crippen LogP contribution in [0.5, 0.6) is 0 Å². The number of nitrogens with zero attached hydrogens (tertiary/aromatic N) is 1. The Morgan fingerprint density at radius 2 is 1.78 bits per heavy atom. The molecule has 32 heavy (non-hydrogen) atoms. The van der Waals surface area contributed by atoms with Crippen molar-refractivity contribution >= 4 is 17.3 Å². The van der Waals surface area contributed by atoms with Crippen LogP contribution in [-0.4, -0.2) is 36.0 Å². The van der Waals surface area contributed by atoms with Crippen LogP contribution in [0.2, 0.25) is 0 Å². The molecule has 8 heteroatoms. The number of nitrogen functional groups attached to an aromatic ring is 1. The summed E-state index contributed by atoms with van der Waals surface area (Å²) in [4.78, 5) is 42.0. The molecule has 0 unspecified atom stereocenters. The lowest BCUT2D eigenvalue weighted by Gasteiger charge is -2.15. The van der Waals surface area contributed by atoms with Gasteiger partial charge in [-0.15, -0.1) is 0 Å². The minimum absolute atomic E-state index is 0.0499. The Labute approximate surface area is 185 Å². The molecule has 0 aliphatic heterocycles. The lowest BCUT2D eigenvalue weighted by Crippen LogP contribution is -2.37. The third kappa shape index (κ3) is 4.44. The lowest BCUT2D eigenvalue weighted by molar-refractivity contribution is 0.0933. The highest BCUT2D eigenvalue weighted by Crippen LogP contribution is 2.35. The van der Waals surface area contributed by atoms with Crippen LogP contribution in [0.25, 0.3) is 11.1 Å². The summed E-state index contributed by atoms with van der Waals surface area (Å²) in [6.07, 6.45) is 2.55. The van der Waals surface area contributed by atoms with Gasteiger partial charge in [0.05, 0.1) is 0 Å². The molecule has 1 amide bonds. The molecule has 1 aromatic heterocycles. The van der Waals surface area contributed by atoms with Gasteiger partial charge >= 0.3 is 5.69 Å². The highest BCUT2D eigenvalue weighted by Gasteiger charge is 2.28. The standard InChI is InChI=1S/C24H27N5O3/c1-29(2)19-5-3-4-16(13-19)14-6-8-15(9-7-14)17-10-11-18(12-17)26-23(31)21-20(25)22(30)28-24(32)27-21/h3-9,13,17-18H,10-12,25H2,1-2H3,(H,26,31)(H2,27,28,30,32)/t17-,18+/m1/s1. The van der Waals surface area contributed by atoms with Crippen molar-refractivity contribution < 1.29 is 4.79 Å². The Kier molecular flexibility index (Phi) is 5.85. The summed E-state index contributed by atoms with van der Waals surface area (Å²) in [5.74, 6) is -0.203. The largest absolute Gasteiger partial charge is 0.392 e. The van der Waals surface area contributed by atoms with Gasteiger partial charge in [0.1, 0.15) is 11.4 Å². The average Bonchev–Trinajstić information content (AvgIpc) is 3.24. The summed E-state index contributed by atoms with van der Waals surface area (Å²) >= 11 is 0. The van der Waals surface area contributed by atoms with E-state index in [-0.39, 0.29) is 17.4 Å². The Morgan fingerprint density at radius 1 is 1.03 bits per heavy atom. The summed E-state index contributed by atoms with van der Waals surface area (Å²) in [6.45, 7) is 0. The van der Waals surface area contributed by atoms with Gasteiger partial charge in [0, 0.05) is 25.8 Å². The van der Waals surface area contributed by atoms with Crippen molar-refractivity contribution in [3.8, 4) is 11.1 Å². The van der Waals surface area contributed by atoms with Gasteiger partial charge in [-0.3, -0.25) is 14.6 Å². The molecule has 8 nitrogen and oxygen atoms in total. The van der Waals surface area contributed by atoms with Gasteiger partial charge in [-0.05, 0) is 54.0 Å². The first kappa shape index (κ1) is 21.4. The van der Waals surface area contributed by atoms with E-state index in [4.69, 9.17) is 5.73 Å². The van der Waals surface area contributed by atoms with Crippen LogP contribution in [0.4, 0.5) is 11.4 Å². The van der Waals surface area contributed by atoms with Crippen molar-refractivity contribution in [2.45, 2.75) is 31.2 Å². The molecule has 0 radical (unpaired) electrons. The zero-order chi connectivity index (χ0) is 22.8. The van der Waals surface area contributed by atoms with E-state index in [1.54, 1.807) is 0 Å². The van der Waals surface area contributed by atoms with E-state index in [2.05, 4.69) is 63.7 Å². The molecule has 1 aliphatic rings. The molecular formula is C24H27N5O3. The number of hydrogen-bond acceptors (Lipinski definition) is 5. The van der Waals surface area contributed by atoms with Gasteiger partial charge in [0.2, 0.25) is 0 Å². The van der Waals surface area contributed by atoms with Crippen molar-refractivity contribution in [2.24, 2.45) is 0 Å². The summed E-state index contributed by atoms with van der Waals surface area (Å²) < 4.78 is 0. The first-order valence-electron chi connectivity index (χ1n) is 10.6. The molecule has 2 atom stereocenters. The zero-order valence-corrected chi connectivity index (χ0v) is 18.1. The number of aromatic amines is 2. The van der Waals surface area contributed by atoms with E-state index in [0.717, 1.165) is 30.5 Å². The molecule has 2 aromatic carbocycles. The number of amides is 1. The molecule has 1 heterocycles. The Morgan fingerprint density at radius 3 is 2.50 bits per heavy atom. The van der Waals surface area contributed by atoms with Crippen LogP contribution in [0.15, 0.2) is 58.1 Å². The third-order valence-corrected chi connectivity index (χ3v) is 6.05. The Balaban J connectivity index is 1.43. The molecule has 1 saturated carbocycles. The van der Waals surface area contributed by atoms with E-state index in [1.165, 1.54) is 11.1 Å². The summed E-state index contributed by atoms with van der Waals surface area (Å²) in [5, 5.41) is 2.90. The highest BCUT2D eigenvalue weighted by molar-refractivity contribution is 5.97. The van der Waals surface area contributed by atoms with E-state index in [1.807, 2.05) is 19.1 Å². The predicted octanol–water partition coefficient (Wildman–Crippen LogP) is 2.44. The molecule has 0 saturated heterocycles. The zero-order valence-electron chi connectivity index (χ0n) is 18.1. The highest BCUT2D eigenvalue weighted by atomic mass is 16.2. The van der Waals surface area contributed by atoms with Gasteiger partial charge in [0.15, 0.2) is 0 Å². The number of carbonyl (C=O) groups excluding carboxylic acids is 1. The van der Waals surface area contributed by atoms with Gasteiger partial charge in [-0.1, -0.05) is 36.4 Å². The molecule has 5 N–H and O–H groups in total. The second-order valence-corrected chi connectivity index (χ2v) is 8.44. The molecule has 1 aliphatic carbocycles. The lowest BCUT2D eigenvalue weighted by atomic mass is 9.95. The van der Waals surface area contributed by atoms with Crippen LogP contribution >= 0.6 is 0 Å². The van der Waals surface area contributed by atoms with Crippen LogP contribution in [0, 0.1) is 0 Å². The minimum Gasteiger partial charge on any atom is -0.392 e. The fraction of sp³-hybridized carbons (Fsp3) is 0.292. The molecule has 3 aromatic rings. The van der Waals surface area contributed by atoms with Crippen molar-refractivity contribution in [3.63, 3.8) is 0 Å². The quantitative estimate of drug-likeness (QED) is 0.492. The second kappa shape index (κ2) is 8.74. The number of nitrogens with two attached hydrogens (primary N) is 1. The minimum atomic E-state index is -0.764. The molecule has 1 fully saturated rings. The number of hydrogen-bond donors (Lipinski definition) is 4. The van der Waals surface area contributed by atoms with E-state index >= 15 is 0 Å². The van der Waals surface area contributed by atoms with Gasteiger partial charge in [-0.25, -0.2) is 4.79 Å². The number of nitrogens with one attached hydrogen (secondary N) is 3. The van der Waals surface area contributed by atoms with E-state index < -0.39 is 17.2 Å². The van der Waals surface area contributed by atoms with Crippen molar-refractivity contribution in [3.05, 3.63) is 80.6 Å². The number of H-pyrrole nitrogens is 2. The third-order valence-electron chi connectivity index (χ3n) is 6.05. The number of rotatable bonds is 5. The molecule has 0 spiro atoms. The molecule has 166 valence electrons. The van der Waals surface area contributed by atoms with Crippen LogP contribution in [-0.2, 0) is 0 Å². The van der Waals surface area contributed by atoms with Gasteiger partial charge < -0.3 is 20.9 Å². The SMILES string of the molecule is CN(C)c1cccc(-c2ccc([C@@H]3CC[C@H](NC(=O)c4[nH]c(=O)[nH]c(=O)c4N)C3)cc2)c1. The number of benzene rings is 2. The number of carbonyl (C=O) groups is 1. The fourth-order valence-corrected chi connectivity index (χ4v) is 4.26. The van der Waals surface area contributed by atoms with Crippen molar-refractivity contribution in [2.75, 3.05) is 24.7 Å². The average molecular weight is 434 g/mol. The summed E-state index contributed by atoms with van der Waals surface area (Å²) in [5.41, 5.74) is 8.38. The van der Waals surface area contributed by atoms with E-state index in [9.17, 15) is 14.4 Å². The molecule has 0 bridgehead atoms. The predicted molar refractivity (Wildman–Crippen MR) is 126 cm³/mol. The van der Waals surface area contributed by atoms with Crippen LogP contribution < -0.4 is 27.2 Å². The smallest absolute Gasteiger partial charge is 0.326 e. The first-order chi connectivity index (χ1) is 15.3. The second-order valence-electron chi connectivity index (χ2n) is 8.44. The monoisotopic (exact) mass is 433 g/mol. The molecule has 4 rings (SSSR count). The number of aromatic nitrogens is 2. The number of anilines is 2. The van der Waals surface area contributed by atoms with Gasteiger partial charge in [-0.2, -0.15) is 0 Å². The van der Waals surface area contributed by atoms with Crippen LogP contribution in [0.1, 0.15) is 41.2 Å². The summed E-state index contributed by atoms with van der Waals surface area (Å²) in [6, 6.07) is 16.9. The Bertz CT molecular complexity index is 1240. The van der Waals surface area contributed by atoms with Crippen molar-refractivity contribution in [1.82, 2.24) is 15.3 Å². The maximum Gasteiger partial charge on any atom is 0.326 e. The van der Waals surface area contributed by atoms with Gasteiger partial charge in [0.25, 0.3) is 11.5 Å².